The van der Waals surface area contributed by atoms with Gasteiger partial charge in [-0.15, -0.1) is 0 Å². The van der Waals surface area contributed by atoms with Crippen molar-refractivity contribution in [3.63, 3.8) is 0 Å². The maximum atomic E-state index is 14.0. The van der Waals surface area contributed by atoms with Crippen LogP contribution < -0.4 is 10.7 Å². The average Bonchev–Trinajstić information content (AvgIpc) is 1.55. The Labute approximate surface area is 813 Å². The van der Waals surface area contributed by atoms with E-state index in [2.05, 4.69) is 108 Å². The highest BCUT2D eigenvalue weighted by molar-refractivity contribution is 7.90. The van der Waals surface area contributed by atoms with Crippen LogP contribution in [0.15, 0.2) is 239 Å². The minimum atomic E-state index is -3.36. The summed E-state index contributed by atoms with van der Waals surface area (Å²) in [7, 11) is -6.79. The molecule has 22 rings (SSSR count). The zero-order valence-corrected chi connectivity index (χ0v) is 82.6. The van der Waals surface area contributed by atoms with Crippen molar-refractivity contribution in [3.8, 4) is 67.3 Å². The number of aliphatic hydroxyl groups is 1. The third kappa shape index (κ3) is 18.1. The molecular formula is C111H105F4N11O12P2S. The van der Waals surface area contributed by atoms with E-state index >= 15 is 0 Å². The summed E-state index contributed by atoms with van der Waals surface area (Å²) < 4.78 is 133. The van der Waals surface area contributed by atoms with E-state index < -0.39 is 47.1 Å². The van der Waals surface area contributed by atoms with Gasteiger partial charge in [0.15, 0.2) is 0 Å². The number of carboxylic acids is 2. The first kappa shape index (κ1) is 96.2. The largest absolute Gasteiger partial charge is 0.480 e. The lowest BCUT2D eigenvalue weighted by Gasteiger charge is -2.42. The molecule has 0 amide bonds. The molecule has 0 spiro atoms. The molecule has 0 aliphatic carbocycles. The highest BCUT2D eigenvalue weighted by Gasteiger charge is 2.47. The van der Waals surface area contributed by atoms with Crippen LogP contribution in [-0.2, 0) is 92.5 Å². The Morgan fingerprint density at radius 3 is 1.21 bits per heavy atom. The second-order valence-corrected chi connectivity index (χ2v) is 47.5. The van der Waals surface area contributed by atoms with Crippen molar-refractivity contribution in [2.75, 3.05) is 78.8 Å². The second-order valence-electron chi connectivity index (χ2n) is 39.0. The van der Waals surface area contributed by atoms with Crippen LogP contribution in [0.2, 0.25) is 0 Å². The molecule has 2 fully saturated rings. The van der Waals surface area contributed by atoms with Crippen LogP contribution >= 0.6 is 14.3 Å². The molecule has 23 nitrogen and oxygen atoms in total. The normalized spacial score (nSPS) is 15.2. The summed E-state index contributed by atoms with van der Waals surface area (Å²) in [6, 6.07) is 59.3. The Kier molecular flexibility index (Phi) is 25.3. The highest BCUT2D eigenvalue weighted by atomic mass is 32.2. The lowest BCUT2D eigenvalue weighted by molar-refractivity contribution is -0.137. The number of fused-ring (bicyclic) bond motifs is 8. The standard InChI is InChI=1S/C29H31FN3O3PS.C29H28FN2O2P.C27H23FN2O4.C26H23FN4O3/c1-18-11-21(16-32-28(18)37(4,5)34)26-24-12-19-14-31-15-20(19)13-25(24)33(23-9-7-22(30)8-10-23)27(26)29(2,3)17-38(6,35)36;1-4-29(17-34-18-29)28-27(19-5-11-24(12-6-19)35(2,3)33)25-13-20-15-31-16-21(20)14-26(25)32(28)23-9-7-22(30)8-10-23;1-27(33,15-34-2)25-24(16-3-5-17(6-4-16)26(31)32)22-11-18-13-29-14-19(18)12-23(22)30(25)21-9-7-20(28)8-10-21;1-2-26(14-34-15-26)25-24(18-11-29-30(12-18)13-23(32)33)21-7-16-9-28-10-17(16)8-22(21)31(25)20-5-3-19(27)4-6-20/h7-13,15-16H,14,17H2,1-6H3;5-14,16H,4,15,17-18H2,1-3H3;3-12,14,33H,13,15H2,1-2H3,(H,31,32);3-8,10-12H,2,9,13-15H2,1H3,(H,32,33). The first-order chi connectivity index (χ1) is 67.2. The van der Waals surface area contributed by atoms with Crippen molar-refractivity contribution in [2.24, 2.45) is 20.0 Å². The fraction of sp³-hybridized carbons (Fsp3) is 0.261. The molecule has 0 saturated carbocycles. The topological polar surface area (TPSA) is 291 Å². The van der Waals surface area contributed by atoms with Crippen molar-refractivity contribution in [1.29, 1.82) is 0 Å². The number of aryl methyl sites for hydroxylation is 1. The van der Waals surface area contributed by atoms with Crippen molar-refractivity contribution in [2.45, 2.75) is 109 Å². The van der Waals surface area contributed by atoms with Gasteiger partial charge in [0.25, 0.3) is 0 Å². The summed E-state index contributed by atoms with van der Waals surface area (Å²) in [6.07, 6.45) is 15.8. The molecule has 10 aromatic carbocycles. The fourth-order valence-corrected chi connectivity index (χ4v) is 24.4. The van der Waals surface area contributed by atoms with E-state index in [0.717, 1.165) is 179 Å². The number of ether oxygens (including phenoxy) is 3. The lowest BCUT2D eigenvalue weighted by Crippen LogP contribution is -2.47. The van der Waals surface area contributed by atoms with E-state index in [1.807, 2.05) is 91.2 Å². The number of benzene rings is 10. The zero-order chi connectivity index (χ0) is 99.5. The summed E-state index contributed by atoms with van der Waals surface area (Å²) in [5, 5.41) is 39.4. The number of carbonyl (C=O) groups is 2. The van der Waals surface area contributed by atoms with E-state index in [1.54, 1.807) is 113 Å². The summed E-state index contributed by atoms with van der Waals surface area (Å²) in [5.74, 6) is -3.30. The molecule has 1 unspecified atom stereocenters. The Hall–Kier alpha value is -13.7. The smallest absolute Gasteiger partial charge is 0.335 e. The predicted octanol–water partition coefficient (Wildman–Crippen LogP) is 21.2. The number of aliphatic carboxylic acids is 1. The average molecular weight is 1960 g/mol. The van der Waals surface area contributed by atoms with Gasteiger partial charge in [-0.3, -0.25) is 34.4 Å². The lowest BCUT2D eigenvalue weighted by atomic mass is 9.76. The number of carboxylic acid groups (broad SMARTS) is 2. The van der Waals surface area contributed by atoms with Crippen molar-refractivity contribution in [1.82, 2.24) is 33.0 Å². The fourth-order valence-electron chi connectivity index (χ4n) is 20.9. The maximum Gasteiger partial charge on any atom is 0.335 e. The number of aromatic carboxylic acids is 1. The minimum absolute atomic E-state index is 0.0197. The van der Waals surface area contributed by atoms with Crippen LogP contribution in [0.3, 0.4) is 0 Å². The number of nitrogens with zero attached hydrogens (tertiary/aromatic N) is 11. The molecule has 16 aromatic rings. The number of hydrogen-bond acceptors (Lipinski definition) is 16. The molecule has 3 N–H and O–H groups in total. The first-order valence-electron chi connectivity index (χ1n) is 46.5. The van der Waals surface area contributed by atoms with Crippen LogP contribution in [-0.4, -0.2) is 172 Å². The van der Waals surface area contributed by atoms with Crippen LogP contribution in [0.4, 0.5) is 17.6 Å². The number of rotatable bonds is 23. The van der Waals surface area contributed by atoms with Gasteiger partial charge in [-0.2, -0.15) is 5.10 Å². The quantitative estimate of drug-likeness (QED) is 0.0396. The molecule has 141 heavy (non-hydrogen) atoms. The molecule has 720 valence electrons. The third-order valence-corrected chi connectivity index (χ3v) is 31.8. The number of halogens is 4. The maximum absolute atomic E-state index is 14.0. The molecule has 30 heteroatoms. The zero-order valence-electron chi connectivity index (χ0n) is 80.0. The van der Waals surface area contributed by atoms with Crippen LogP contribution in [0.5, 0.6) is 0 Å². The first-order valence-corrected chi connectivity index (χ1v) is 53.7. The Bertz CT molecular complexity index is 8090. The summed E-state index contributed by atoms with van der Waals surface area (Å²) >= 11 is 0. The molecule has 1 atom stereocenters. The molecule has 6 aliphatic heterocycles. The third-order valence-electron chi connectivity index (χ3n) is 27.6. The number of aliphatic imine (C=N–C) groups is 4. The van der Waals surface area contributed by atoms with Gasteiger partial charge in [0, 0.05) is 156 Å². The Morgan fingerprint density at radius 2 is 0.851 bits per heavy atom. The SMILES string of the molecule is CCC1(c2c(-c3ccc(P(C)(C)=O)cc3)c3cc4c(cc3n2-c2ccc(F)cc2)C=NC4)COC1.CCC1(c2c(-c3cnn(CC(=O)O)c3)c3cc4c(cc3n2-c2ccc(F)cc2)C=NC4)COC1.COCC(C)(O)c1c(-c2ccc(C(=O)O)cc2)c2cc3c(cc2n1-c1ccc(F)cc1)C=NC3.Cc1cc(-c2c(C(C)(C)CS(C)(=O)=O)n(-c3ccc(F)cc3)c3cc4c(cc23)CN=C4)cnc1P(C)(C)=O. The summed E-state index contributed by atoms with van der Waals surface area (Å²) in [6.45, 7) is 23.5. The van der Waals surface area contributed by atoms with Crippen LogP contribution in [0.25, 0.3) is 111 Å². The van der Waals surface area contributed by atoms with E-state index in [9.17, 15) is 60.0 Å². The van der Waals surface area contributed by atoms with Crippen LogP contribution in [0, 0.1) is 30.2 Å². The second kappa shape index (κ2) is 37.1. The molecule has 12 heterocycles. The number of pyridine rings is 1. The molecule has 2 saturated heterocycles. The Balaban J connectivity index is 0.000000120. The number of sulfone groups is 1. The van der Waals surface area contributed by atoms with Gasteiger partial charge in [-0.1, -0.05) is 64.1 Å². The number of aromatic nitrogens is 7. The number of hydrogen-bond donors (Lipinski definition) is 3. The molecule has 0 radical (unpaired) electrons. The van der Waals surface area contributed by atoms with E-state index in [0.29, 0.717) is 69.4 Å². The Morgan fingerprint density at radius 1 is 0.482 bits per heavy atom. The van der Waals surface area contributed by atoms with Gasteiger partial charge in [0.2, 0.25) is 0 Å². The van der Waals surface area contributed by atoms with Crippen LogP contribution in [0.1, 0.15) is 131 Å². The van der Waals surface area contributed by atoms with Gasteiger partial charge in [-0.25, -0.2) is 30.8 Å². The van der Waals surface area contributed by atoms with Gasteiger partial charge >= 0.3 is 11.9 Å². The molecule has 0 bridgehead atoms. The van der Waals surface area contributed by atoms with E-state index in [4.69, 9.17) is 14.2 Å². The van der Waals surface area contributed by atoms with Gasteiger partial charge in [0.1, 0.15) is 65.0 Å². The monoisotopic (exact) mass is 1950 g/mol. The number of methoxy groups -OCH3 is 1. The van der Waals surface area contributed by atoms with Crippen molar-refractivity contribution >= 4 is 115 Å². The van der Waals surface area contributed by atoms with Gasteiger partial charge in [0.05, 0.1) is 115 Å². The highest BCUT2D eigenvalue weighted by Crippen LogP contribution is 2.53. The predicted molar refractivity (Wildman–Crippen MR) is 551 cm³/mol. The molecular weight excluding hydrogens is 1850 g/mol. The summed E-state index contributed by atoms with van der Waals surface area (Å²) in [4.78, 5) is 45.1. The minimum Gasteiger partial charge on any atom is -0.480 e. The molecule has 6 aliphatic rings. The van der Waals surface area contributed by atoms with Gasteiger partial charge in [-0.05, 0) is 278 Å². The summed E-state index contributed by atoms with van der Waals surface area (Å²) in [5.41, 5.74) is 25.5. The van der Waals surface area contributed by atoms with Crippen molar-refractivity contribution < 1.29 is 74.2 Å². The van der Waals surface area contributed by atoms with E-state index in [1.165, 1.54) is 77.8 Å². The molecule has 6 aromatic heterocycles. The van der Waals surface area contributed by atoms with E-state index in [-0.39, 0.29) is 58.6 Å². The van der Waals surface area contributed by atoms with Gasteiger partial charge < -0.3 is 56.9 Å². The van der Waals surface area contributed by atoms with Crippen molar-refractivity contribution in [3.05, 3.63) is 320 Å².